The highest BCUT2D eigenvalue weighted by Gasteiger charge is 2.44. The Labute approximate surface area is 110 Å². The minimum Gasteiger partial charge on any atom is -0.353 e. The third kappa shape index (κ3) is 2.69. The summed E-state index contributed by atoms with van der Waals surface area (Å²) in [7, 11) is 1.95. The molecule has 0 bridgehead atoms. The van der Waals surface area contributed by atoms with Gasteiger partial charge in [-0.2, -0.15) is 0 Å². The van der Waals surface area contributed by atoms with Crippen LogP contribution in [0.4, 0.5) is 0 Å². The number of piperazine rings is 1. The van der Waals surface area contributed by atoms with Crippen molar-refractivity contribution >= 4 is 5.91 Å². The molecule has 0 aromatic rings. The first kappa shape index (κ1) is 13.8. The third-order valence-corrected chi connectivity index (χ3v) is 4.42. The number of hydrogen-bond acceptors (Lipinski definition) is 3. The maximum atomic E-state index is 12.2. The monoisotopic (exact) mass is 253 g/mol. The highest BCUT2D eigenvalue weighted by molar-refractivity contribution is 5.83. The summed E-state index contributed by atoms with van der Waals surface area (Å²) in [5.74, 6) is 0.219. The van der Waals surface area contributed by atoms with Crippen molar-refractivity contribution in [2.75, 3.05) is 20.1 Å². The van der Waals surface area contributed by atoms with Crippen molar-refractivity contribution in [3.05, 3.63) is 0 Å². The van der Waals surface area contributed by atoms with Gasteiger partial charge in [-0.3, -0.25) is 9.69 Å². The van der Waals surface area contributed by atoms with Crippen molar-refractivity contribution in [1.29, 1.82) is 0 Å². The molecular formula is C14H27N3O. The second kappa shape index (κ2) is 5.57. The molecule has 0 aromatic carbocycles. The molecule has 2 fully saturated rings. The van der Waals surface area contributed by atoms with Gasteiger partial charge in [0.25, 0.3) is 0 Å². The molecule has 1 amide bonds. The van der Waals surface area contributed by atoms with Crippen LogP contribution in [0, 0.1) is 0 Å². The maximum Gasteiger partial charge on any atom is 0.237 e. The van der Waals surface area contributed by atoms with Crippen molar-refractivity contribution in [1.82, 2.24) is 15.5 Å². The second-order valence-corrected chi connectivity index (χ2v) is 6.28. The fourth-order valence-corrected chi connectivity index (χ4v) is 3.54. The van der Waals surface area contributed by atoms with Gasteiger partial charge in [0.05, 0.1) is 6.04 Å². The van der Waals surface area contributed by atoms with Crippen molar-refractivity contribution in [2.24, 2.45) is 0 Å². The molecule has 0 radical (unpaired) electrons. The van der Waals surface area contributed by atoms with Crippen LogP contribution in [0.1, 0.15) is 46.0 Å². The molecule has 1 heterocycles. The van der Waals surface area contributed by atoms with Gasteiger partial charge in [0.1, 0.15) is 0 Å². The van der Waals surface area contributed by atoms with Crippen LogP contribution in [0.3, 0.4) is 0 Å². The van der Waals surface area contributed by atoms with E-state index >= 15 is 0 Å². The van der Waals surface area contributed by atoms with Crippen LogP contribution >= 0.6 is 0 Å². The van der Waals surface area contributed by atoms with Crippen molar-refractivity contribution in [3.63, 3.8) is 0 Å². The lowest BCUT2D eigenvalue weighted by Gasteiger charge is -2.50. The van der Waals surface area contributed by atoms with Crippen molar-refractivity contribution < 1.29 is 4.79 Å². The molecule has 1 unspecified atom stereocenters. The van der Waals surface area contributed by atoms with E-state index < -0.39 is 0 Å². The number of nitrogens with one attached hydrogen (secondary N) is 2. The SMILES string of the molecule is CNCCC1C(=O)NCC(C)(C)N1C1CCCC1. The fourth-order valence-electron chi connectivity index (χ4n) is 3.54. The van der Waals surface area contributed by atoms with Gasteiger partial charge in [-0.05, 0) is 46.7 Å². The first-order chi connectivity index (χ1) is 8.56. The average molecular weight is 253 g/mol. The smallest absolute Gasteiger partial charge is 0.237 e. The molecule has 1 aliphatic carbocycles. The number of amides is 1. The van der Waals surface area contributed by atoms with Gasteiger partial charge >= 0.3 is 0 Å². The summed E-state index contributed by atoms with van der Waals surface area (Å²) in [6.07, 6.45) is 6.05. The van der Waals surface area contributed by atoms with Crippen LogP contribution in [0.5, 0.6) is 0 Å². The standard InChI is InChI=1S/C14H27N3O/c1-14(2)10-16-13(18)12(8-9-15-3)17(14)11-6-4-5-7-11/h11-12,15H,4-10H2,1-3H3,(H,16,18). The van der Waals surface area contributed by atoms with E-state index in [-0.39, 0.29) is 17.5 Å². The van der Waals surface area contributed by atoms with Crippen LogP contribution < -0.4 is 10.6 Å². The number of carbonyl (C=O) groups excluding carboxylic acids is 1. The van der Waals surface area contributed by atoms with Crippen LogP contribution in [-0.2, 0) is 4.79 Å². The normalized spacial score (nSPS) is 29.5. The van der Waals surface area contributed by atoms with Gasteiger partial charge < -0.3 is 10.6 Å². The van der Waals surface area contributed by atoms with E-state index in [0.29, 0.717) is 6.04 Å². The fraction of sp³-hybridized carbons (Fsp3) is 0.929. The average Bonchev–Trinajstić information content (AvgIpc) is 2.83. The van der Waals surface area contributed by atoms with Gasteiger partial charge in [0.2, 0.25) is 5.91 Å². The molecule has 1 saturated carbocycles. The topological polar surface area (TPSA) is 44.4 Å². The van der Waals surface area contributed by atoms with E-state index in [2.05, 4.69) is 29.4 Å². The van der Waals surface area contributed by atoms with Crippen molar-refractivity contribution in [2.45, 2.75) is 63.6 Å². The van der Waals surface area contributed by atoms with E-state index in [1.807, 2.05) is 7.05 Å². The molecule has 18 heavy (non-hydrogen) atoms. The molecule has 0 aromatic heterocycles. The first-order valence-corrected chi connectivity index (χ1v) is 7.27. The summed E-state index contributed by atoms with van der Waals surface area (Å²) < 4.78 is 0. The Kier molecular flexibility index (Phi) is 4.28. The zero-order chi connectivity index (χ0) is 13.2. The summed E-state index contributed by atoms with van der Waals surface area (Å²) in [6.45, 7) is 6.20. The highest BCUT2D eigenvalue weighted by atomic mass is 16.2. The van der Waals surface area contributed by atoms with Crippen molar-refractivity contribution in [3.8, 4) is 0 Å². The Hall–Kier alpha value is -0.610. The summed E-state index contributed by atoms with van der Waals surface area (Å²) in [5, 5.41) is 6.24. The van der Waals surface area contributed by atoms with E-state index in [9.17, 15) is 4.79 Å². The molecule has 1 aliphatic heterocycles. The second-order valence-electron chi connectivity index (χ2n) is 6.28. The minimum absolute atomic E-state index is 0.0456. The molecule has 2 aliphatic rings. The van der Waals surface area contributed by atoms with Crippen LogP contribution in [0.25, 0.3) is 0 Å². The summed E-state index contributed by atoms with van der Waals surface area (Å²) in [4.78, 5) is 14.7. The third-order valence-electron chi connectivity index (χ3n) is 4.42. The molecule has 4 heteroatoms. The van der Waals surface area contributed by atoms with E-state index in [1.54, 1.807) is 0 Å². The Bertz CT molecular complexity index is 297. The molecule has 1 saturated heterocycles. The first-order valence-electron chi connectivity index (χ1n) is 7.27. The zero-order valence-corrected chi connectivity index (χ0v) is 12.0. The maximum absolute atomic E-state index is 12.2. The summed E-state index contributed by atoms with van der Waals surface area (Å²) in [6, 6.07) is 0.650. The molecule has 104 valence electrons. The van der Waals surface area contributed by atoms with Gasteiger partial charge in [-0.25, -0.2) is 0 Å². The van der Waals surface area contributed by atoms with Crippen LogP contribution in [0.2, 0.25) is 0 Å². The Morgan fingerprint density at radius 1 is 1.39 bits per heavy atom. The molecular weight excluding hydrogens is 226 g/mol. The molecule has 1 atom stereocenters. The van der Waals surface area contributed by atoms with Gasteiger partial charge in [0.15, 0.2) is 0 Å². The summed E-state index contributed by atoms with van der Waals surface area (Å²) in [5.41, 5.74) is 0.0846. The molecule has 4 nitrogen and oxygen atoms in total. The highest BCUT2D eigenvalue weighted by Crippen LogP contribution is 2.33. The summed E-state index contributed by atoms with van der Waals surface area (Å²) >= 11 is 0. The van der Waals surface area contributed by atoms with Crippen LogP contribution in [-0.4, -0.2) is 48.6 Å². The van der Waals surface area contributed by atoms with Gasteiger partial charge in [-0.15, -0.1) is 0 Å². The lowest BCUT2D eigenvalue weighted by molar-refractivity contribution is -0.137. The minimum atomic E-state index is 0.0456. The number of carbonyl (C=O) groups is 1. The van der Waals surface area contributed by atoms with Crippen LogP contribution in [0.15, 0.2) is 0 Å². The Morgan fingerprint density at radius 3 is 2.67 bits per heavy atom. The van der Waals surface area contributed by atoms with Gasteiger partial charge in [0, 0.05) is 18.1 Å². The zero-order valence-electron chi connectivity index (χ0n) is 12.0. The number of rotatable bonds is 4. The Balaban J connectivity index is 2.16. The molecule has 0 spiro atoms. The lowest BCUT2D eigenvalue weighted by atomic mass is 9.91. The number of nitrogens with zero attached hydrogens (tertiary/aromatic N) is 1. The number of hydrogen-bond donors (Lipinski definition) is 2. The largest absolute Gasteiger partial charge is 0.353 e. The van der Waals surface area contributed by atoms with E-state index in [0.717, 1.165) is 19.5 Å². The molecule has 2 N–H and O–H groups in total. The predicted molar refractivity (Wildman–Crippen MR) is 73.5 cm³/mol. The predicted octanol–water partition coefficient (Wildman–Crippen LogP) is 1.12. The lowest BCUT2D eigenvalue weighted by Crippen LogP contribution is -2.68. The van der Waals surface area contributed by atoms with Gasteiger partial charge in [-0.1, -0.05) is 12.8 Å². The quantitative estimate of drug-likeness (QED) is 0.789. The van der Waals surface area contributed by atoms with E-state index in [1.165, 1.54) is 25.7 Å². The molecule has 2 rings (SSSR count). The Morgan fingerprint density at radius 2 is 2.06 bits per heavy atom. The van der Waals surface area contributed by atoms with E-state index in [4.69, 9.17) is 0 Å².